The Morgan fingerprint density at radius 1 is 1.43 bits per heavy atom. The van der Waals surface area contributed by atoms with E-state index >= 15 is 0 Å². The van der Waals surface area contributed by atoms with E-state index in [0.29, 0.717) is 6.54 Å². The first-order valence-electron chi connectivity index (χ1n) is 5.45. The van der Waals surface area contributed by atoms with Crippen LogP contribution in [-0.4, -0.2) is 48.2 Å². The molecule has 2 rings (SSSR count). The van der Waals surface area contributed by atoms with Crippen LogP contribution in [0.1, 0.15) is 19.3 Å². The average molecular weight is 198 g/mol. The van der Waals surface area contributed by atoms with Crippen molar-refractivity contribution in [3.63, 3.8) is 0 Å². The van der Waals surface area contributed by atoms with Crippen LogP contribution < -0.4 is 5.32 Å². The molecule has 2 N–H and O–H groups in total. The fraction of sp³-hybridized carbons (Fsp3) is 0.900. The minimum Gasteiger partial charge on any atom is -0.391 e. The summed E-state index contributed by atoms with van der Waals surface area (Å²) in [6.07, 6.45) is 2.53. The second-order valence-corrected chi connectivity index (χ2v) is 4.27. The highest BCUT2D eigenvalue weighted by molar-refractivity contribution is 5.79. The smallest absolute Gasteiger partial charge is 0.227 e. The summed E-state index contributed by atoms with van der Waals surface area (Å²) in [6.45, 7) is 3.11. The van der Waals surface area contributed by atoms with Crippen molar-refractivity contribution in [2.24, 2.45) is 5.92 Å². The molecule has 2 saturated heterocycles. The molecule has 1 amide bonds. The Morgan fingerprint density at radius 2 is 2.29 bits per heavy atom. The van der Waals surface area contributed by atoms with Gasteiger partial charge < -0.3 is 15.3 Å². The molecule has 1 unspecified atom stereocenters. The van der Waals surface area contributed by atoms with E-state index in [9.17, 15) is 9.90 Å². The van der Waals surface area contributed by atoms with Crippen molar-refractivity contribution < 1.29 is 9.90 Å². The van der Waals surface area contributed by atoms with Gasteiger partial charge in [-0.2, -0.15) is 0 Å². The van der Waals surface area contributed by atoms with E-state index in [-0.39, 0.29) is 17.9 Å². The summed E-state index contributed by atoms with van der Waals surface area (Å²) in [6, 6.07) is 0. The zero-order chi connectivity index (χ0) is 9.97. The first kappa shape index (κ1) is 9.93. The maximum atomic E-state index is 11.9. The molecule has 4 nitrogen and oxygen atoms in total. The van der Waals surface area contributed by atoms with E-state index in [2.05, 4.69) is 5.32 Å². The van der Waals surface area contributed by atoms with Crippen LogP contribution in [0.15, 0.2) is 0 Å². The van der Waals surface area contributed by atoms with Gasteiger partial charge in [-0.15, -0.1) is 0 Å². The predicted octanol–water partition coefficient (Wildman–Crippen LogP) is -0.421. The van der Waals surface area contributed by atoms with Gasteiger partial charge in [-0.25, -0.2) is 0 Å². The second-order valence-electron chi connectivity index (χ2n) is 4.27. The Bertz CT molecular complexity index is 207. The van der Waals surface area contributed by atoms with Crippen LogP contribution in [0.3, 0.4) is 0 Å². The summed E-state index contributed by atoms with van der Waals surface area (Å²) in [5, 5.41) is 12.6. The molecular formula is C10H18N2O2. The molecule has 0 radical (unpaired) electrons. The maximum absolute atomic E-state index is 11.9. The van der Waals surface area contributed by atoms with Crippen LogP contribution in [-0.2, 0) is 4.79 Å². The van der Waals surface area contributed by atoms with Crippen LogP contribution in [0.4, 0.5) is 0 Å². The predicted molar refractivity (Wildman–Crippen MR) is 52.8 cm³/mol. The Kier molecular flexibility index (Phi) is 3.03. The number of likely N-dealkylation sites (tertiary alicyclic amines) is 1. The number of nitrogens with one attached hydrogen (secondary N) is 1. The third-order valence-corrected chi connectivity index (χ3v) is 3.12. The van der Waals surface area contributed by atoms with Gasteiger partial charge in [-0.3, -0.25) is 4.79 Å². The normalized spacial score (nSPS) is 33.4. The number of amides is 1. The number of hydrogen-bond acceptors (Lipinski definition) is 3. The van der Waals surface area contributed by atoms with E-state index in [4.69, 9.17) is 0 Å². The van der Waals surface area contributed by atoms with E-state index in [1.807, 2.05) is 4.90 Å². The average Bonchev–Trinajstić information content (AvgIpc) is 2.65. The van der Waals surface area contributed by atoms with Crippen molar-refractivity contribution in [2.45, 2.75) is 25.4 Å². The summed E-state index contributed by atoms with van der Waals surface area (Å²) in [5.74, 6) is 0.378. The summed E-state index contributed by atoms with van der Waals surface area (Å²) in [7, 11) is 0. The fourth-order valence-electron chi connectivity index (χ4n) is 2.26. The topological polar surface area (TPSA) is 52.6 Å². The molecule has 4 heteroatoms. The van der Waals surface area contributed by atoms with E-state index in [1.54, 1.807) is 0 Å². The number of piperidine rings is 1. The van der Waals surface area contributed by atoms with Gasteiger partial charge in [0.25, 0.3) is 0 Å². The van der Waals surface area contributed by atoms with Crippen molar-refractivity contribution in [1.82, 2.24) is 10.2 Å². The highest BCUT2D eigenvalue weighted by Crippen LogP contribution is 2.17. The van der Waals surface area contributed by atoms with Crippen molar-refractivity contribution in [2.75, 3.05) is 26.2 Å². The Labute approximate surface area is 84.3 Å². The number of rotatable bonds is 1. The largest absolute Gasteiger partial charge is 0.391 e. The van der Waals surface area contributed by atoms with E-state index < -0.39 is 0 Å². The minimum absolute atomic E-state index is 0.147. The first-order valence-corrected chi connectivity index (χ1v) is 5.45. The molecule has 0 aromatic rings. The highest BCUT2D eigenvalue weighted by Gasteiger charge is 2.30. The van der Waals surface area contributed by atoms with Crippen molar-refractivity contribution in [3.05, 3.63) is 0 Å². The number of carbonyl (C=O) groups is 1. The lowest BCUT2D eigenvalue weighted by atomic mass is 9.98. The standard InChI is InChI=1S/C10H18N2O2/c13-9-3-5-12(7-9)10(14)8-2-1-4-11-6-8/h8-9,11,13H,1-7H2/t8-,9?/m0/s1. The molecule has 0 aromatic heterocycles. The molecule has 14 heavy (non-hydrogen) atoms. The van der Waals surface area contributed by atoms with Crippen LogP contribution in [0.25, 0.3) is 0 Å². The number of β-amino-alcohol motifs (C(OH)–C–C–N with tert-alkyl or cyclic N) is 1. The summed E-state index contributed by atoms with van der Waals surface area (Å²) in [5.41, 5.74) is 0. The minimum atomic E-state index is -0.296. The van der Waals surface area contributed by atoms with Gasteiger partial charge in [0.05, 0.1) is 12.0 Å². The number of nitrogens with zero attached hydrogens (tertiary/aromatic N) is 1. The third kappa shape index (κ3) is 2.07. The lowest BCUT2D eigenvalue weighted by Gasteiger charge is -2.26. The number of carbonyl (C=O) groups excluding carboxylic acids is 1. The molecule has 2 heterocycles. The van der Waals surface area contributed by atoms with Gasteiger partial charge in [0.1, 0.15) is 0 Å². The molecule has 2 fully saturated rings. The second kappa shape index (κ2) is 4.28. The lowest BCUT2D eigenvalue weighted by molar-refractivity contribution is -0.135. The lowest BCUT2D eigenvalue weighted by Crippen LogP contribution is -2.42. The molecule has 2 aliphatic heterocycles. The number of hydrogen-bond donors (Lipinski definition) is 2. The van der Waals surface area contributed by atoms with Crippen LogP contribution >= 0.6 is 0 Å². The van der Waals surface area contributed by atoms with Crippen molar-refractivity contribution >= 4 is 5.91 Å². The summed E-state index contributed by atoms with van der Waals surface area (Å²) >= 11 is 0. The molecular weight excluding hydrogens is 180 g/mol. The van der Waals surface area contributed by atoms with Crippen LogP contribution in [0.5, 0.6) is 0 Å². The van der Waals surface area contributed by atoms with Crippen LogP contribution in [0, 0.1) is 5.92 Å². The molecule has 0 saturated carbocycles. The first-order chi connectivity index (χ1) is 6.77. The zero-order valence-corrected chi connectivity index (χ0v) is 8.41. The quantitative estimate of drug-likeness (QED) is 0.601. The zero-order valence-electron chi connectivity index (χ0n) is 8.41. The van der Waals surface area contributed by atoms with Crippen molar-refractivity contribution in [3.8, 4) is 0 Å². The molecule has 0 aliphatic carbocycles. The highest BCUT2D eigenvalue weighted by atomic mass is 16.3. The summed E-state index contributed by atoms with van der Waals surface area (Å²) in [4.78, 5) is 13.7. The van der Waals surface area contributed by atoms with Crippen molar-refractivity contribution in [1.29, 1.82) is 0 Å². The van der Waals surface area contributed by atoms with Gasteiger partial charge in [0.2, 0.25) is 5.91 Å². The molecule has 0 aromatic carbocycles. The Morgan fingerprint density at radius 3 is 2.86 bits per heavy atom. The summed E-state index contributed by atoms with van der Waals surface area (Å²) < 4.78 is 0. The Hall–Kier alpha value is -0.610. The fourth-order valence-corrected chi connectivity index (χ4v) is 2.26. The van der Waals surface area contributed by atoms with Gasteiger partial charge in [-0.1, -0.05) is 0 Å². The molecule has 80 valence electrons. The Balaban J connectivity index is 1.87. The number of aliphatic hydroxyl groups excluding tert-OH is 1. The molecule has 2 aliphatic rings. The molecule has 2 atom stereocenters. The number of aliphatic hydroxyl groups is 1. The SMILES string of the molecule is O=C([C@H]1CCCNC1)N1CCC(O)C1. The van der Waals surface area contributed by atoms with Gasteiger partial charge >= 0.3 is 0 Å². The van der Waals surface area contributed by atoms with E-state index in [1.165, 1.54) is 0 Å². The van der Waals surface area contributed by atoms with Gasteiger partial charge in [0.15, 0.2) is 0 Å². The third-order valence-electron chi connectivity index (χ3n) is 3.12. The molecule has 0 spiro atoms. The van der Waals surface area contributed by atoms with Crippen LogP contribution in [0.2, 0.25) is 0 Å². The van der Waals surface area contributed by atoms with Gasteiger partial charge in [-0.05, 0) is 25.8 Å². The van der Waals surface area contributed by atoms with Gasteiger partial charge in [0, 0.05) is 19.6 Å². The van der Waals surface area contributed by atoms with E-state index in [0.717, 1.165) is 38.9 Å². The molecule has 0 bridgehead atoms. The maximum Gasteiger partial charge on any atom is 0.227 e. The monoisotopic (exact) mass is 198 g/mol.